The van der Waals surface area contributed by atoms with Crippen molar-refractivity contribution in [2.75, 3.05) is 19.8 Å². The summed E-state index contributed by atoms with van der Waals surface area (Å²) in [6.45, 7) is 4.84. The van der Waals surface area contributed by atoms with Crippen LogP contribution in [-0.4, -0.2) is 25.9 Å². The summed E-state index contributed by atoms with van der Waals surface area (Å²) in [5.41, 5.74) is 2.64. The number of fused-ring (bicyclic) bond motifs is 1. The van der Waals surface area contributed by atoms with Crippen molar-refractivity contribution in [2.45, 2.75) is 51.2 Å². The number of likely N-dealkylation sites (N-methyl/N-ethyl adjacent to an activating group) is 1. The van der Waals surface area contributed by atoms with Crippen LogP contribution in [0.2, 0.25) is 0 Å². The molecule has 3 rings (SSSR count). The Morgan fingerprint density at radius 3 is 3.00 bits per heavy atom. The number of ether oxygens (including phenoxy) is 2. The highest BCUT2D eigenvalue weighted by atomic mass is 16.5. The second-order valence-electron chi connectivity index (χ2n) is 5.73. The Balaban J connectivity index is 1.90. The molecule has 1 fully saturated rings. The zero-order valence-electron chi connectivity index (χ0n) is 12.4. The Labute approximate surface area is 121 Å². The fourth-order valence-electron chi connectivity index (χ4n) is 3.35. The summed E-state index contributed by atoms with van der Waals surface area (Å²) >= 11 is 0. The molecule has 1 N–H and O–H groups in total. The van der Waals surface area contributed by atoms with Crippen LogP contribution in [-0.2, 0) is 11.2 Å². The zero-order chi connectivity index (χ0) is 13.8. The average molecular weight is 275 g/mol. The van der Waals surface area contributed by atoms with Crippen molar-refractivity contribution in [3.05, 3.63) is 29.3 Å². The molecule has 0 saturated carbocycles. The third-order valence-electron chi connectivity index (χ3n) is 4.31. The van der Waals surface area contributed by atoms with Gasteiger partial charge in [0.1, 0.15) is 5.75 Å². The van der Waals surface area contributed by atoms with E-state index in [1.54, 1.807) is 0 Å². The van der Waals surface area contributed by atoms with E-state index in [0.29, 0.717) is 0 Å². The lowest BCUT2D eigenvalue weighted by Gasteiger charge is -2.33. The maximum atomic E-state index is 6.02. The Kier molecular flexibility index (Phi) is 4.58. The molecule has 2 aliphatic heterocycles. The third kappa shape index (κ3) is 2.84. The lowest BCUT2D eigenvalue weighted by molar-refractivity contribution is -0.00849. The van der Waals surface area contributed by atoms with Crippen molar-refractivity contribution in [3.63, 3.8) is 0 Å². The molecule has 1 aromatic rings. The number of para-hydroxylation sites is 1. The molecule has 3 nitrogen and oxygen atoms in total. The van der Waals surface area contributed by atoms with Gasteiger partial charge in [0.25, 0.3) is 0 Å². The maximum Gasteiger partial charge on any atom is 0.127 e. The minimum atomic E-state index is 0.258. The number of nitrogens with one attached hydrogen (secondary N) is 1. The van der Waals surface area contributed by atoms with Crippen LogP contribution in [0.15, 0.2) is 18.2 Å². The lowest BCUT2D eigenvalue weighted by Crippen LogP contribution is -2.36. The van der Waals surface area contributed by atoms with Crippen molar-refractivity contribution in [2.24, 2.45) is 0 Å². The third-order valence-corrected chi connectivity index (χ3v) is 4.31. The second kappa shape index (κ2) is 6.59. The number of benzene rings is 1. The van der Waals surface area contributed by atoms with Gasteiger partial charge in [-0.25, -0.2) is 0 Å². The number of rotatable bonds is 4. The van der Waals surface area contributed by atoms with Gasteiger partial charge < -0.3 is 14.8 Å². The quantitative estimate of drug-likeness (QED) is 0.915. The van der Waals surface area contributed by atoms with Gasteiger partial charge in [-0.05, 0) is 44.2 Å². The van der Waals surface area contributed by atoms with Crippen molar-refractivity contribution in [1.82, 2.24) is 5.32 Å². The smallest absolute Gasteiger partial charge is 0.127 e. The molecule has 0 radical (unpaired) electrons. The molecule has 1 aromatic carbocycles. The summed E-state index contributed by atoms with van der Waals surface area (Å²) in [5, 5.41) is 3.61. The second-order valence-corrected chi connectivity index (χ2v) is 5.73. The van der Waals surface area contributed by atoms with Gasteiger partial charge in [0, 0.05) is 12.2 Å². The first kappa shape index (κ1) is 13.9. The van der Waals surface area contributed by atoms with Gasteiger partial charge in [-0.3, -0.25) is 0 Å². The molecule has 1 saturated heterocycles. The molecule has 3 heteroatoms. The molecule has 0 aromatic heterocycles. The van der Waals surface area contributed by atoms with Gasteiger partial charge in [0.05, 0.1) is 18.8 Å². The largest absolute Gasteiger partial charge is 0.493 e. The number of hydrogen-bond acceptors (Lipinski definition) is 3. The molecular formula is C17H25NO2. The van der Waals surface area contributed by atoms with Crippen molar-refractivity contribution >= 4 is 0 Å². The van der Waals surface area contributed by atoms with E-state index < -0.39 is 0 Å². The van der Waals surface area contributed by atoms with Crippen LogP contribution in [0.5, 0.6) is 5.75 Å². The van der Waals surface area contributed by atoms with Gasteiger partial charge in [0.2, 0.25) is 0 Å². The molecule has 2 heterocycles. The molecule has 2 atom stereocenters. The fraction of sp³-hybridized carbons (Fsp3) is 0.647. The Morgan fingerprint density at radius 2 is 2.20 bits per heavy atom. The summed E-state index contributed by atoms with van der Waals surface area (Å²) in [5.74, 6) is 1.11. The van der Waals surface area contributed by atoms with Crippen LogP contribution in [0, 0.1) is 0 Å². The van der Waals surface area contributed by atoms with E-state index in [1.807, 2.05) is 0 Å². The average Bonchev–Trinajstić information content (AvgIpc) is 2.53. The molecule has 0 amide bonds. The normalized spacial score (nSPS) is 23.8. The SMILES string of the molecule is CCNC(c1cccc2c1OCCC2)C1CCCCO1. The minimum absolute atomic E-state index is 0.258. The van der Waals surface area contributed by atoms with Crippen LogP contribution >= 0.6 is 0 Å². The topological polar surface area (TPSA) is 30.5 Å². The molecule has 0 spiro atoms. The predicted molar refractivity (Wildman–Crippen MR) is 80.3 cm³/mol. The van der Waals surface area contributed by atoms with E-state index in [2.05, 4.69) is 30.4 Å². The molecule has 20 heavy (non-hydrogen) atoms. The molecule has 2 unspecified atom stereocenters. The van der Waals surface area contributed by atoms with Crippen LogP contribution in [0.25, 0.3) is 0 Å². The van der Waals surface area contributed by atoms with Gasteiger partial charge >= 0.3 is 0 Å². The highest BCUT2D eigenvalue weighted by Crippen LogP contribution is 2.36. The van der Waals surface area contributed by atoms with E-state index in [4.69, 9.17) is 9.47 Å². The van der Waals surface area contributed by atoms with E-state index in [1.165, 1.54) is 24.0 Å². The minimum Gasteiger partial charge on any atom is -0.493 e. The molecular weight excluding hydrogens is 250 g/mol. The fourth-order valence-corrected chi connectivity index (χ4v) is 3.35. The predicted octanol–water partition coefficient (Wildman–Crippen LogP) is 3.23. The van der Waals surface area contributed by atoms with Crippen LogP contribution in [0.4, 0.5) is 0 Å². The van der Waals surface area contributed by atoms with Gasteiger partial charge in [-0.2, -0.15) is 0 Å². The standard InChI is InChI=1S/C17H25NO2/c1-2-18-16(15-10-3-4-11-19-15)14-9-5-7-13-8-6-12-20-17(13)14/h5,7,9,15-16,18H,2-4,6,8,10-12H2,1H3. The Hall–Kier alpha value is -1.06. The molecule has 2 aliphatic rings. The Bertz CT molecular complexity index is 441. The lowest BCUT2D eigenvalue weighted by atomic mass is 9.92. The van der Waals surface area contributed by atoms with Crippen LogP contribution < -0.4 is 10.1 Å². The van der Waals surface area contributed by atoms with Crippen molar-refractivity contribution in [3.8, 4) is 5.75 Å². The summed E-state index contributed by atoms with van der Waals surface area (Å²) < 4.78 is 12.0. The van der Waals surface area contributed by atoms with E-state index in [0.717, 1.165) is 44.8 Å². The Morgan fingerprint density at radius 1 is 1.25 bits per heavy atom. The van der Waals surface area contributed by atoms with Gasteiger partial charge in [0.15, 0.2) is 0 Å². The van der Waals surface area contributed by atoms with Crippen LogP contribution in [0.1, 0.15) is 49.8 Å². The van der Waals surface area contributed by atoms with Gasteiger partial charge in [-0.1, -0.05) is 25.1 Å². The first-order chi connectivity index (χ1) is 9.90. The zero-order valence-corrected chi connectivity index (χ0v) is 12.4. The maximum absolute atomic E-state index is 6.02. The van der Waals surface area contributed by atoms with Crippen molar-refractivity contribution in [1.29, 1.82) is 0 Å². The van der Waals surface area contributed by atoms with E-state index >= 15 is 0 Å². The van der Waals surface area contributed by atoms with Crippen molar-refractivity contribution < 1.29 is 9.47 Å². The summed E-state index contributed by atoms with van der Waals surface area (Å²) in [6, 6.07) is 6.82. The summed E-state index contributed by atoms with van der Waals surface area (Å²) in [4.78, 5) is 0. The van der Waals surface area contributed by atoms with Gasteiger partial charge in [-0.15, -0.1) is 0 Å². The molecule has 0 aliphatic carbocycles. The number of hydrogen-bond donors (Lipinski definition) is 1. The molecule has 110 valence electrons. The first-order valence-corrected chi connectivity index (χ1v) is 7.99. The number of aryl methyl sites for hydroxylation is 1. The van der Waals surface area contributed by atoms with Crippen LogP contribution in [0.3, 0.4) is 0 Å². The molecule has 0 bridgehead atoms. The summed E-state index contributed by atoms with van der Waals surface area (Å²) in [6.07, 6.45) is 6.14. The monoisotopic (exact) mass is 275 g/mol. The van der Waals surface area contributed by atoms with E-state index in [9.17, 15) is 0 Å². The first-order valence-electron chi connectivity index (χ1n) is 7.99. The highest BCUT2D eigenvalue weighted by Gasteiger charge is 2.29. The van der Waals surface area contributed by atoms with E-state index in [-0.39, 0.29) is 12.1 Å². The highest BCUT2D eigenvalue weighted by molar-refractivity contribution is 5.45. The summed E-state index contributed by atoms with van der Waals surface area (Å²) in [7, 11) is 0.